The molecule has 0 aromatic rings. The Kier molecular flexibility index (Phi) is 6.69. The number of nitrogens with one attached hydrogen (secondary N) is 3. The SMILES string of the molecule is CNC(=O)CNC(=O)NCCCC(=O)O. The number of likely N-dealkylation sites (N-methyl/N-ethyl adjacent to an activating group) is 1. The maximum atomic E-state index is 11.0. The molecule has 0 saturated heterocycles. The van der Waals surface area contributed by atoms with E-state index in [9.17, 15) is 14.4 Å². The smallest absolute Gasteiger partial charge is 0.315 e. The molecular weight excluding hydrogens is 202 g/mol. The number of amides is 3. The van der Waals surface area contributed by atoms with Gasteiger partial charge < -0.3 is 21.1 Å². The maximum absolute atomic E-state index is 11.0. The van der Waals surface area contributed by atoms with Gasteiger partial charge in [0.15, 0.2) is 0 Å². The minimum atomic E-state index is -0.900. The third-order valence-corrected chi connectivity index (χ3v) is 1.54. The summed E-state index contributed by atoms with van der Waals surface area (Å²) in [5.41, 5.74) is 0. The minimum absolute atomic E-state index is 0.00965. The van der Waals surface area contributed by atoms with Gasteiger partial charge in [-0.05, 0) is 6.42 Å². The van der Waals surface area contributed by atoms with Crippen molar-refractivity contribution in [2.45, 2.75) is 12.8 Å². The Bertz CT molecular complexity index is 242. The van der Waals surface area contributed by atoms with Crippen LogP contribution in [0.5, 0.6) is 0 Å². The summed E-state index contributed by atoms with van der Waals surface area (Å²) in [5.74, 6) is -1.20. The second-order valence-electron chi connectivity index (χ2n) is 2.78. The van der Waals surface area contributed by atoms with Crippen LogP contribution in [0.1, 0.15) is 12.8 Å². The first-order valence-corrected chi connectivity index (χ1v) is 4.50. The summed E-state index contributed by atoms with van der Waals surface area (Å²) in [7, 11) is 1.47. The van der Waals surface area contributed by atoms with E-state index in [2.05, 4.69) is 16.0 Å². The highest BCUT2D eigenvalue weighted by molar-refractivity contribution is 5.83. The number of carbonyl (C=O) groups is 3. The van der Waals surface area contributed by atoms with Crippen molar-refractivity contribution in [1.29, 1.82) is 0 Å². The molecule has 15 heavy (non-hydrogen) atoms. The van der Waals surface area contributed by atoms with Gasteiger partial charge in [-0.1, -0.05) is 0 Å². The summed E-state index contributed by atoms with van der Waals surface area (Å²) in [6, 6.07) is -0.482. The molecule has 0 atom stereocenters. The Morgan fingerprint density at radius 3 is 2.40 bits per heavy atom. The Morgan fingerprint density at radius 2 is 1.87 bits per heavy atom. The van der Waals surface area contributed by atoms with Crippen LogP contribution in [0.3, 0.4) is 0 Å². The molecule has 0 spiro atoms. The Labute approximate surface area is 87.2 Å². The summed E-state index contributed by atoms with van der Waals surface area (Å²) in [5, 5.41) is 15.4. The van der Waals surface area contributed by atoms with E-state index in [-0.39, 0.29) is 25.4 Å². The van der Waals surface area contributed by atoms with Gasteiger partial charge in [-0.25, -0.2) is 4.79 Å². The molecule has 0 heterocycles. The van der Waals surface area contributed by atoms with E-state index in [1.165, 1.54) is 7.05 Å². The molecule has 0 fully saturated rings. The first-order valence-electron chi connectivity index (χ1n) is 4.50. The van der Waals surface area contributed by atoms with Gasteiger partial charge >= 0.3 is 12.0 Å². The van der Waals surface area contributed by atoms with Crippen molar-refractivity contribution in [3.8, 4) is 0 Å². The van der Waals surface area contributed by atoms with Crippen molar-refractivity contribution in [2.24, 2.45) is 0 Å². The fourth-order valence-electron chi connectivity index (χ4n) is 0.753. The summed E-state index contributed by atoms with van der Waals surface area (Å²) >= 11 is 0. The second kappa shape index (κ2) is 7.60. The molecule has 0 aromatic carbocycles. The van der Waals surface area contributed by atoms with Crippen LogP contribution in [-0.4, -0.2) is 43.2 Å². The van der Waals surface area contributed by atoms with E-state index in [0.717, 1.165) is 0 Å². The van der Waals surface area contributed by atoms with E-state index in [0.29, 0.717) is 6.42 Å². The predicted octanol–water partition coefficient (Wildman–Crippen LogP) is -1.10. The van der Waals surface area contributed by atoms with Gasteiger partial charge in [-0.2, -0.15) is 0 Å². The van der Waals surface area contributed by atoms with Gasteiger partial charge in [-0.3, -0.25) is 9.59 Å². The van der Waals surface area contributed by atoms with Crippen LogP contribution in [0.25, 0.3) is 0 Å². The highest BCUT2D eigenvalue weighted by atomic mass is 16.4. The van der Waals surface area contributed by atoms with Gasteiger partial charge in [0, 0.05) is 20.0 Å². The molecular formula is C8H15N3O4. The number of hydrogen-bond acceptors (Lipinski definition) is 3. The van der Waals surface area contributed by atoms with E-state index in [1.807, 2.05) is 0 Å². The first kappa shape index (κ1) is 13.2. The molecule has 0 bridgehead atoms. The van der Waals surface area contributed by atoms with E-state index in [4.69, 9.17) is 5.11 Å². The highest BCUT2D eigenvalue weighted by Gasteiger charge is 2.02. The number of rotatable bonds is 6. The number of carbonyl (C=O) groups excluding carboxylic acids is 2. The van der Waals surface area contributed by atoms with Gasteiger partial charge in [0.2, 0.25) is 5.91 Å². The minimum Gasteiger partial charge on any atom is -0.481 e. The molecule has 7 heteroatoms. The number of urea groups is 1. The molecule has 0 saturated carbocycles. The lowest BCUT2D eigenvalue weighted by molar-refractivity contribution is -0.137. The lowest BCUT2D eigenvalue weighted by Crippen LogP contribution is -2.41. The summed E-state index contributed by atoms with van der Waals surface area (Å²) in [6.45, 7) is 0.174. The summed E-state index contributed by atoms with van der Waals surface area (Å²) in [4.78, 5) is 31.8. The van der Waals surface area contributed by atoms with Crippen LogP contribution in [0, 0.1) is 0 Å². The normalized spacial score (nSPS) is 9.13. The summed E-state index contributed by atoms with van der Waals surface area (Å²) < 4.78 is 0. The molecule has 0 aliphatic carbocycles. The van der Waals surface area contributed by atoms with E-state index in [1.54, 1.807) is 0 Å². The average molecular weight is 217 g/mol. The van der Waals surface area contributed by atoms with Crippen molar-refractivity contribution in [3.05, 3.63) is 0 Å². The van der Waals surface area contributed by atoms with E-state index >= 15 is 0 Å². The fraction of sp³-hybridized carbons (Fsp3) is 0.625. The molecule has 3 amide bonds. The highest BCUT2D eigenvalue weighted by Crippen LogP contribution is 1.85. The number of carboxylic acids is 1. The zero-order chi connectivity index (χ0) is 11.7. The van der Waals surface area contributed by atoms with Gasteiger partial charge in [0.25, 0.3) is 0 Å². The maximum Gasteiger partial charge on any atom is 0.315 e. The number of aliphatic carboxylic acids is 1. The van der Waals surface area contributed by atoms with Gasteiger partial charge in [0.05, 0.1) is 6.54 Å². The van der Waals surface area contributed by atoms with Crippen molar-refractivity contribution < 1.29 is 19.5 Å². The van der Waals surface area contributed by atoms with Crippen molar-refractivity contribution in [3.63, 3.8) is 0 Å². The van der Waals surface area contributed by atoms with Gasteiger partial charge in [-0.15, -0.1) is 0 Å². The molecule has 0 rings (SSSR count). The van der Waals surface area contributed by atoms with Crippen molar-refractivity contribution in [2.75, 3.05) is 20.1 Å². The molecule has 0 radical (unpaired) electrons. The molecule has 0 unspecified atom stereocenters. The lowest BCUT2D eigenvalue weighted by Gasteiger charge is -2.05. The zero-order valence-corrected chi connectivity index (χ0v) is 8.50. The molecule has 7 nitrogen and oxygen atoms in total. The largest absolute Gasteiger partial charge is 0.481 e. The monoisotopic (exact) mass is 217 g/mol. The third-order valence-electron chi connectivity index (χ3n) is 1.54. The Morgan fingerprint density at radius 1 is 1.20 bits per heavy atom. The van der Waals surface area contributed by atoms with Crippen LogP contribution >= 0.6 is 0 Å². The average Bonchev–Trinajstić information content (AvgIpc) is 2.20. The second-order valence-corrected chi connectivity index (χ2v) is 2.78. The molecule has 86 valence electrons. The van der Waals surface area contributed by atoms with Crippen LogP contribution in [0.2, 0.25) is 0 Å². The quantitative estimate of drug-likeness (QED) is 0.423. The molecule has 0 aliphatic rings. The van der Waals surface area contributed by atoms with Crippen molar-refractivity contribution in [1.82, 2.24) is 16.0 Å². The topological polar surface area (TPSA) is 108 Å². The van der Waals surface area contributed by atoms with Crippen LogP contribution in [0.15, 0.2) is 0 Å². The lowest BCUT2D eigenvalue weighted by atomic mass is 10.3. The van der Waals surface area contributed by atoms with Crippen LogP contribution < -0.4 is 16.0 Å². The Balaban J connectivity index is 3.41. The predicted molar refractivity (Wildman–Crippen MR) is 52.3 cm³/mol. The van der Waals surface area contributed by atoms with Crippen molar-refractivity contribution >= 4 is 17.9 Å². The molecule has 0 aliphatic heterocycles. The fourth-order valence-corrected chi connectivity index (χ4v) is 0.753. The van der Waals surface area contributed by atoms with Crippen LogP contribution in [0.4, 0.5) is 4.79 Å². The van der Waals surface area contributed by atoms with E-state index < -0.39 is 12.0 Å². The molecule has 0 aromatic heterocycles. The standard InChI is InChI=1S/C8H15N3O4/c1-9-6(12)5-11-8(15)10-4-2-3-7(13)14/h2-5H2,1H3,(H,9,12)(H,13,14)(H2,10,11,15). The number of carboxylic acid groups (broad SMARTS) is 1. The third kappa shape index (κ3) is 8.54. The number of hydrogen-bond donors (Lipinski definition) is 4. The van der Waals surface area contributed by atoms with Crippen LogP contribution in [-0.2, 0) is 9.59 Å². The van der Waals surface area contributed by atoms with Gasteiger partial charge in [0.1, 0.15) is 0 Å². The first-order chi connectivity index (χ1) is 7.06. The Hall–Kier alpha value is -1.79. The molecule has 4 N–H and O–H groups in total. The summed E-state index contributed by atoms with van der Waals surface area (Å²) in [6.07, 6.45) is 0.373. The zero-order valence-electron chi connectivity index (χ0n) is 8.50.